The highest BCUT2D eigenvalue weighted by atomic mass is 35.5. The fourth-order valence-electron chi connectivity index (χ4n) is 2.06. The van der Waals surface area contributed by atoms with E-state index in [1.165, 1.54) is 0 Å². The molecule has 1 aromatic carbocycles. The molecule has 0 aromatic heterocycles. The molecule has 120 valence electrons. The number of hydrogen-bond acceptors (Lipinski definition) is 3. The molecule has 0 radical (unpaired) electrons. The maximum absolute atomic E-state index is 12.2. The highest BCUT2D eigenvalue weighted by Crippen LogP contribution is 2.31. The molecule has 1 aliphatic rings. The first-order chi connectivity index (χ1) is 10.4. The number of benzene rings is 1. The van der Waals surface area contributed by atoms with Crippen LogP contribution < -0.4 is 16.4 Å². The first kappa shape index (κ1) is 16.8. The Balaban J connectivity index is 2.01. The van der Waals surface area contributed by atoms with Crippen LogP contribution in [0, 0.1) is 11.8 Å². The third-order valence-electron chi connectivity index (χ3n) is 3.73. The molecule has 6 heteroatoms. The normalized spacial score (nSPS) is 15.5. The number of amides is 2. The Morgan fingerprint density at radius 3 is 2.64 bits per heavy atom. The third kappa shape index (κ3) is 4.45. The first-order valence-electron chi connectivity index (χ1n) is 7.52. The van der Waals surface area contributed by atoms with E-state index >= 15 is 0 Å². The van der Waals surface area contributed by atoms with Crippen LogP contribution in [0.15, 0.2) is 18.2 Å². The Hall–Kier alpha value is -1.59. The van der Waals surface area contributed by atoms with Crippen molar-refractivity contribution in [2.75, 3.05) is 11.9 Å². The van der Waals surface area contributed by atoms with Crippen LogP contribution in [0.2, 0.25) is 5.02 Å². The summed E-state index contributed by atoms with van der Waals surface area (Å²) in [5.74, 6) is 0.00288. The number of rotatable bonds is 6. The van der Waals surface area contributed by atoms with E-state index in [9.17, 15) is 9.59 Å². The molecule has 1 aromatic rings. The summed E-state index contributed by atoms with van der Waals surface area (Å²) in [6.07, 6.45) is 2.27. The molecule has 1 saturated carbocycles. The Morgan fingerprint density at radius 1 is 1.36 bits per heavy atom. The smallest absolute Gasteiger partial charge is 0.252 e. The summed E-state index contributed by atoms with van der Waals surface area (Å²) >= 11 is 6.08. The molecule has 2 amide bonds. The van der Waals surface area contributed by atoms with Gasteiger partial charge in [-0.1, -0.05) is 25.4 Å². The van der Waals surface area contributed by atoms with Crippen molar-refractivity contribution in [2.24, 2.45) is 17.6 Å². The van der Waals surface area contributed by atoms with Crippen LogP contribution in [0.3, 0.4) is 0 Å². The number of nitrogens with two attached hydrogens (primary N) is 1. The molecule has 0 saturated heterocycles. The van der Waals surface area contributed by atoms with Crippen LogP contribution in [0.4, 0.5) is 5.69 Å². The van der Waals surface area contributed by atoms with E-state index in [0.717, 1.165) is 12.8 Å². The van der Waals surface area contributed by atoms with Crippen molar-refractivity contribution in [3.63, 3.8) is 0 Å². The molecule has 0 spiro atoms. The fourth-order valence-corrected chi connectivity index (χ4v) is 2.26. The molecule has 4 N–H and O–H groups in total. The number of hydrogen-bond donors (Lipinski definition) is 3. The second-order valence-corrected chi connectivity index (χ2v) is 6.46. The van der Waals surface area contributed by atoms with E-state index in [1.807, 2.05) is 0 Å². The van der Waals surface area contributed by atoms with Gasteiger partial charge in [0, 0.05) is 24.2 Å². The molecule has 22 heavy (non-hydrogen) atoms. The summed E-state index contributed by atoms with van der Waals surface area (Å²) in [6, 6.07) is 4.86. The van der Waals surface area contributed by atoms with Gasteiger partial charge in [-0.25, -0.2) is 0 Å². The minimum absolute atomic E-state index is 0.00782. The first-order valence-corrected chi connectivity index (χ1v) is 7.90. The number of halogens is 1. The van der Waals surface area contributed by atoms with Crippen LogP contribution in [0.25, 0.3) is 0 Å². The van der Waals surface area contributed by atoms with E-state index in [4.69, 9.17) is 17.3 Å². The van der Waals surface area contributed by atoms with Crippen LogP contribution in [0.1, 0.15) is 37.0 Å². The van der Waals surface area contributed by atoms with Gasteiger partial charge in [-0.15, -0.1) is 0 Å². The largest absolute Gasteiger partial charge is 0.350 e. The minimum Gasteiger partial charge on any atom is -0.350 e. The van der Waals surface area contributed by atoms with Gasteiger partial charge in [0.1, 0.15) is 0 Å². The maximum atomic E-state index is 12.2. The van der Waals surface area contributed by atoms with E-state index in [2.05, 4.69) is 10.6 Å². The number of carbonyl (C=O) groups is 2. The van der Waals surface area contributed by atoms with Crippen molar-refractivity contribution >= 4 is 29.1 Å². The van der Waals surface area contributed by atoms with Crippen LogP contribution in [-0.2, 0) is 4.79 Å². The zero-order valence-electron chi connectivity index (χ0n) is 12.9. The molecular formula is C16H22ClN3O2. The summed E-state index contributed by atoms with van der Waals surface area (Å²) in [4.78, 5) is 23.9. The van der Waals surface area contributed by atoms with Crippen LogP contribution in [-0.4, -0.2) is 24.4 Å². The minimum atomic E-state index is -0.276. The highest BCUT2D eigenvalue weighted by Gasteiger charge is 2.28. The highest BCUT2D eigenvalue weighted by molar-refractivity contribution is 6.34. The zero-order chi connectivity index (χ0) is 16.3. The lowest BCUT2D eigenvalue weighted by atomic mass is 10.1. The van der Waals surface area contributed by atoms with Gasteiger partial charge >= 0.3 is 0 Å². The summed E-state index contributed by atoms with van der Waals surface area (Å²) in [5, 5.41) is 5.91. The summed E-state index contributed by atoms with van der Waals surface area (Å²) in [7, 11) is 0. The van der Waals surface area contributed by atoms with Crippen molar-refractivity contribution in [3.05, 3.63) is 28.8 Å². The lowest BCUT2D eigenvalue weighted by Gasteiger charge is -2.13. The van der Waals surface area contributed by atoms with E-state index in [-0.39, 0.29) is 23.8 Å². The molecule has 1 fully saturated rings. The van der Waals surface area contributed by atoms with Crippen molar-refractivity contribution in [2.45, 2.75) is 32.7 Å². The van der Waals surface area contributed by atoms with Crippen LogP contribution >= 0.6 is 11.6 Å². The summed E-state index contributed by atoms with van der Waals surface area (Å²) in [5.41, 5.74) is 6.86. The number of nitrogens with one attached hydrogen (secondary N) is 2. The van der Waals surface area contributed by atoms with Crippen LogP contribution in [0.5, 0.6) is 0 Å². The molecule has 1 unspecified atom stereocenters. The van der Waals surface area contributed by atoms with Gasteiger partial charge in [0.15, 0.2) is 0 Å². The van der Waals surface area contributed by atoms with Gasteiger partial charge in [0.05, 0.1) is 10.6 Å². The predicted molar refractivity (Wildman–Crippen MR) is 88.0 cm³/mol. The zero-order valence-corrected chi connectivity index (χ0v) is 13.6. The molecule has 0 aliphatic heterocycles. The molecule has 5 nitrogen and oxygen atoms in total. The molecule has 2 rings (SSSR count). The van der Waals surface area contributed by atoms with Crippen molar-refractivity contribution in [3.8, 4) is 0 Å². The van der Waals surface area contributed by atoms with Gasteiger partial charge in [-0.3, -0.25) is 9.59 Å². The monoisotopic (exact) mass is 323 g/mol. The number of anilines is 1. The Kier molecular flexibility index (Phi) is 5.42. The molecule has 0 bridgehead atoms. The average Bonchev–Trinajstić information content (AvgIpc) is 3.30. The summed E-state index contributed by atoms with van der Waals surface area (Å²) in [6.45, 7) is 4.04. The van der Waals surface area contributed by atoms with Gasteiger partial charge in [0.25, 0.3) is 5.91 Å². The lowest BCUT2D eigenvalue weighted by Crippen LogP contribution is -2.38. The lowest BCUT2D eigenvalue weighted by molar-refractivity contribution is -0.118. The fraction of sp³-hybridized carbons (Fsp3) is 0.500. The Bertz CT molecular complexity index is 571. The van der Waals surface area contributed by atoms with Gasteiger partial charge < -0.3 is 16.4 Å². The second-order valence-electron chi connectivity index (χ2n) is 6.05. The van der Waals surface area contributed by atoms with Crippen molar-refractivity contribution < 1.29 is 9.59 Å². The predicted octanol–water partition coefficient (Wildman–Crippen LogP) is 2.40. The van der Waals surface area contributed by atoms with E-state index in [1.54, 1.807) is 32.0 Å². The van der Waals surface area contributed by atoms with E-state index in [0.29, 0.717) is 28.7 Å². The maximum Gasteiger partial charge on any atom is 0.252 e. The molecule has 1 aliphatic carbocycles. The molecule has 0 heterocycles. The standard InChI is InChI=1S/C16H22ClN3O2/c1-9(2)15(21)20-11-5-6-13(17)12(7-11)16(22)19-8-14(18)10-3-4-10/h5-7,9-10,14H,3-4,8,18H2,1-2H3,(H,19,22)(H,20,21). The van der Waals surface area contributed by atoms with Crippen molar-refractivity contribution in [1.82, 2.24) is 5.32 Å². The van der Waals surface area contributed by atoms with Gasteiger partial charge in [-0.2, -0.15) is 0 Å². The Labute approximate surface area is 135 Å². The quantitative estimate of drug-likeness (QED) is 0.751. The van der Waals surface area contributed by atoms with E-state index < -0.39 is 0 Å². The molecule has 1 atom stereocenters. The average molecular weight is 324 g/mol. The van der Waals surface area contributed by atoms with Gasteiger partial charge in [-0.05, 0) is 37.0 Å². The van der Waals surface area contributed by atoms with Crippen molar-refractivity contribution in [1.29, 1.82) is 0 Å². The topological polar surface area (TPSA) is 84.2 Å². The Morgan fingerprint density at radius 2 is 2.05 bits per heavy atom. The summed E-state index contributed by atoms with van der Waals surface area (Å²) < 4.78 is 0. The molecular weight excluding hydrogens is 302 g/mol. The third-order valence-corrected chi connectivity index (χ3v) is 4.06. The van der Waals surface area contributed by atoms with Gasteiger partial charge in [0.2, 0.25) is 5.91 Å². The number of carbonyl (C=O) groups excluding carboxylic acids is 2. The second kappa shape index (κ2) is 7.11. The SMILES string of the molecule is CC(C)C(=O)Nc1ccc(Cl)c(C(=O)NCC(N)C2CC2)c1.